The zero-order valence-electron chi connectivity index (χ0n) is 11.9. The summed E-state index contributed by atoms with van der Waals surface area (Å²) in [6, 6.07) is 1.81. The fourth-order valence-electron chi connectivity index (χ4n) is 2.74. The van der Waals surface area contributed by atoms with E-state index in [1.807, 2.05) is 6.07 Å². The molecule has 1 aromatic heterocycles. The lowest BCUT2D eigenvalue weighted by Gasteiger charge is -2.35. The molecule has 0 aliphatic carbocycles. The van der Waals surface area contributed by atoms with E-state index < -0.39 is 0 Å². The number of hydrogen-bond acceptors (Lipinski definition) is 6. The first-order valence-electron chi connectivity index (χ1n) is 7.31. The van der Waals surface area contributed by atoms with E-state index in [1.165, 1.54) is 4.90 Å². The van der Waals surface area contributed by atoms with Crippen molar-refractivity contribution in [3.8, 4) is 0 Å². The molecule has 2 aliphatic rings. The van der Waals surface area contributed by atoms with Gasteiger partial charge in [-0.05, 0) is 6.07 Å². The van der Waals surface area contributed by atoms with Gasteiger partial charge in [-0.1, -0.05) is 0 Å². The first-order chi connectivity index (χ1) is 10.2. The molecule has 3 rings (SSSR count). The molecule has 0 unspecified atom stereocenters. The molecule has 7 nitrogen and oxygen atoms in total. The van der Waals surface area contributed by atoms with Crippen LogP contribution in [0.5, 0.6) is 0 Å². The number of aromatic nitrogens is 2. The van der Waals surface area contributed by atoms with Crippen molar-refractivity contribution in [2.45, 2.75) is 12.8 Å². The van der Waals surface area contributed by atoms with Crippen molar-refractivity contribution >= 4 is 17.8 Å². The second-order valence-corrected chi connectivity index (χ2v) is 5.32. The number of anilines is 1. The van der Waals surface area contributed by atoms with E-state index in [9.17, 15) is 9.59 Å². The van der Waals surface area contributed by atoms with E-state index in [-0.39, 0.29) is 11.8 Å². The van der Waals surface area contributed by atoms with E-state index >= 15 is 0 Å². The van der Waals surface area contributed by atoms with E-state index in [0.29, 0.717) is 19.4 Å². The second-order valence-electron chi connectivity index (χ2n) is 5.32. The van der Waals surface area contributed by atoms with Gasteiger partial charge in [0.1, 0.15) is 0 Å². The van der Waals surface area contributed by atoms with Gasteiger partial charge < -0.3 is 4.90 Å². The third-order valence-electron chi connectivity index (χ3n) is 4.00. The molecule has 1 aromatic rings. The van der Waals surface area contributed by atoms with Crippen LogP contribution in [0.25, 0.3) is 0 Å². The quantitative estimate of drug-likeness (QED) is 0.712. The van der Waals surface area contributed by atoms with Crippen LogP contribution in [0.4, 0.5) is 5.95 Å². The Morgan fingerprint density at radius 3 is 2.14 bits per heavy atom. The summed E-state index contributed by atoms with van der Waals surface area (Å²) in [7, 11) is 0. The number of likely N-dealkylation sites (tertiary alicyclic amines) is 1. The van der Waals surface area contributed by atoms with Crippen molar-refractivity contribution in [3.63, 3.8) is 0 Å². The largest absolute Gasteiger partial charge is 0.338 e. The average molecular weight is 289 g/mol. The van der Waals surface area contributed by atoms with Gasteiger partial charge in [0.05, 0.1) is 0 Å². The molecule has 0 atom stereocenters. The Kier molecular flexibility index (Phi) is 4.10. The maximum atomic E-state index is 11.6. The predicted molar refractivity (Wildman–Crippen MR) is 76.6 cm³/mol. The standard InChI is InChI=1S/C14H19N5O2/c20-12-2-3-13(21)19(12)11-8-17-6-9-18(10-7-17)14-15-4-1-5-16-14/h1,4-5H,2-3,6-11H2. The summed E-state index contributed by atoms with van der Waals surface area (Å²) in [6.07, 6.45) is 4.24. The van der Waals surface area contributed by atoms with Crippen LogP contribution in [0.2, 0.25) is 0 Å². The van der Waals surface area contributed by atoms with Gasteiger partial charge in [0, 0.05) is 64.5 Å². The number of hydrogen-bond donors (Lipinski definition) is 0. The fraction of sp³-hybridized carbons (Fsp3) is 0.571. The number of nitrogens with zero attached hydrogens (tertiary/aromatic N) is 5. The minimum absolute atomic E-state index is 0.0312. The highest BCUT2D eigenvalue weighted by Gasteiger charge is 2.29. The van der Waals surface area contributed by atoms with E-state index in [2.05, 4.69) is 19.8 Å². The summed E-state index contributed by atoms with van der Waals surface area (Å²) >= 11 is 0. The molecule has 0 aromatic carbocycles. The van der Waals surface area contributed by atoms with E-state index in [1.54, 1.807) is 12.4 Å². The highest BCUT2D eigenvalue weighted by Crippen LogP contribution is 2.13. The van der Waals surface area contributed by atoms with Crippen LogP contribution in [-0.2, 0) is 9.59 Å². The number of rotatable bonds is 4. The SMILES string of the molecule is O=C1CCC(=O)N1CCN1CCN(c2ncccn2)CC1. The molecule has 2 amide bonds. The van der Waals surface area contributed by atoms with Gasteiger partial charge in [-0.3, -0.25) is 19.4 Å². The van der Waals surface area contributed by atoms with Crippen LogP contribution in [0.15, 0.2) is 18.5 Å². The summed E-state index contributed by atoms with van der Waals surface area (Å²) in [5.41, 5.74) is 0. The van der Waals surface area contributed by atoms with Crippen LogP contribution in [0, 0.1) is 0 Å². The zero-order chi connectivity index (χ0) is 14.7. The van der Waals surface area contributed by atoms with Crippen molar-refractivity contribution in [3.05, 3.63) is 18.5 Å². The van der Waals surface area contributed by atoms with Crippen LogP contribution < -0.4 is 4.90 Å². The van der Waals surface area contributed by atoms with Crippen molar-refractivity contribution in [1.82, 2.24) is 19.8 Å². The zero-order valence-corrected chi connectivity index (χ0v) is 11.9. The molecule has 0 spiro atoms. The molecule has 2 saturated heterocycles. The first kappa shape index (κ1) is 13.9. The number of imide groups is 1. The molecule has 112 valence electrons. The maximum absolute atomic E-state index is 11.6. The molecule has 2 aliphatic heterocycles. The third kappa shape index (κ3) is 3.18. The topological polar surface area (TPSA) is 69.6 Å². The van der Waals surface area contributed by atoms with Gasteiger partial charge in [-0.2, -0.15) is 0 Å². The van der Waals surface area contributed by atoms with E-state index in [4.69, 9.17) is 0 Å². The third-order valence-corrected chi connectivity index (χ3v) is 4.00. The van der Waals surface area contributed by atoms with Crippen molar-refractivity contribution in [2.75, 3.05) is 44.2 Å². The van der Waals surface area contributed by atoms with Crippen molar-refractivity contribution in [1.29, 1.82) is 0 Å². The Hall–Kier alpha value is -2.02. The molecule has 2 fully saturated rings. The molecule has 0 radical (unpaired) electrons. The number of amides is 2. The Bertz CT molecular complexity index is 497. The molecular weight excluding hydrogens is 270 g/mol. The average Bonchev–Trinajstić information content (AvgIpc) is 2.85. The van der Waals surface area contributed by atoms with Crippen LogP contribution in [0.1, 0.15) is 12.8 Å². The predicted octanol–water partition coefficient (Wildman–Crippen LogP) is -0.252. The minimum Gasteiger partial charge on any atom is -0.338 e. The summed E-state index contributed by atoms with van der Waals surface area (Å²) < 4.78 is 0. The van der Waals surface area contributed by atoms with Gasteiger partial charge in [0.2, 0.25) is 17.8 Å². The molecule has 0 bridgehead atoms. The van der Waals surface area contributed by atoms with Gasteiger partial charge in [-0.25, -0.2) is 9.97 Å². The number of piperazine rings is 1. The van der Waals surface area contributed by atoms with Crippen LogP contribution in [0.3, 0.4) is 0 Å². The molecule has 0 saturated carbocycles. The Morgan fingerprint density at radius 1 is 0.905 bits per heavy atom. The Labute approximate surface area is 123 Å². The normalized spacial score (nSPS) is 20.4. The summed E-state index contributed by atoms with van der Waals surface area (Å²) in [6.45, 7) is 4.79. The lowest BCUT2D eigenvalue weighted by molar-refractivity contribution is -0.138. The first-order valence-corrected chi connectivity index (χ1v) is 7.31. The number of carbonyl (C=O) groups excluding carboxylic acids is 2. The molecular formula is C14H19N5O2. The van der Waals surface area contributed by atoms with Crippen molar-refractivity contribution in [2.24, 2.45) is 0 Å². The summed E-state index contributed by atoms with van der Waals surface area (Å²) in [5, 5.41) is 0. The smallest absolute Gasteiger partial charge is 0.229 e. The van der Waals surface area contributed by atoms with Gasteiger partial charge in [0.25, 0.3) is 0 Å². The fourth-order valence-corrected chi connectivity index (χ4v) is 2.74. The highest BCUT2D eigenvalue weighted by atomic mass is 16.2. The lowest BCUT2D eigenvalue weighted by Crippen LogP contribution is -2.49. The number of carbonyl (C=O) groups is 2. The Morgan fingerprint density at radius 2 is 1.52 bits per heavy atom. The summed E-state index contributed by atoms with van der Waals surface area (Å²) in [5.74, 6) is 0.703. The Balaban J connectivity index is 1.46. The maximum Gasteiger partial charge on any atom is 0.229 e. The van der Waals surface area contributed by atoms with Gasteiger partial charge in [-0.15, -0.1) is 0 Å². The minimum atomic E-state index is -0.0312. The van der Waals surface area contributed by atoms with Gasteiger partial charge in [0.15, 0.2) is 0 Å². The lowest BCUT2D eigenvalue weighted by atomic mass is 10.3. The van der Waals surface area contributed by atoms with Crippen LogP contribution in [-0.4, -0.2) is 70.9 Å². The second kappa shape index (κ2) is 6.17. The van der Waals surface area contributed by atoms with E-state index in [0.717, 1.165) is 38.7 Å². The van der Waals surface area contributed by atoms with Crippen molar-refractivity contribution < 1.29 is 9.59 Å². The molecule has 3 heterocycles. The van der Waals surface area contributed by atoms with Gasteiger partial charge >= 0.3 is 0 Å². The van der Waals surface area contributed by atoms with Crippen LogP contribution >= 0.6 is 0 Å². The highest BCUT2D eigenvalue weighted by molar-refractivity contribution is 6.01. The molecule has 7 heteroatoms. The summed E-state index contributed by atoms with van der Waals surface area (Å²) in [4.78, 5) is 37.4. The molecule has 0 N–H and O–H groups in total. The monoisotopic (exact) mass is 289 g/mol. The molecule has 21 heavy (non-hydrogen) atoms.